The van der Waals surface area contributed by atoms with E-state index in [-0.39, 0.29) is 24.2 Å². The lowest BCUT2D eigenvalue weighted by atomic mass is 9.73. The van der Waals surface area contributed by atoms with Crippen LogP contribution >= 0.6 is 22.6 Å². The fraction of sp³-hybridized carbons (Fsp3) is 0.750. The maximum Gasteiger partial charge on any atom is 0.309 e. The number of hydrogen-bond acceptors (Lipinski definition) is 5. The number of carbonyl (C=O) groups is 2. The van der Waals surface area contributed by atoms with Gasteiger partial charge in [0, 0.05) is 16.8 Å². The summed E-state index contributed by atoms with van der Waals surface area (Å²) in [6.45, 7) is 10.8. The Balaban J connectivity index is 3.22. The minimum Gasteiger partial charge on any atom is -0.457 e. The molecule has 1 heterocycles. The Morgan fingerprint density at radius 1 is 1.30 bits per heavy atom. The van der Waals surface area contributed by atoms with E-state index < -0.39 is 29.5 Å². The molecule has 0 saturated carbocycles. The number of Topliss-reactive ketones (excluding diaryl/α,β-unsaturated/α-hetero) is 1. The molecule has 2 N–H and O–H groups in total. The van der Waals surface area contributed by atoms with Crippen molar-refractivity contribution in [3.8, 4) is 0 Å². The minimum absolute atomic E-state index is 0.0248. The Kier molecular flexibility index (Phi) is 11.2. The van der Waals surface area contributed by atoms with Crippen molar-refractivity contribution in [3.05, 3.63) is 23.3 Å². The van der Waals surface area contributed by atoms with E-state index >= 15 is 0 Å². The third-order valence-corrected chi connectivity index (χ3v) is 7.50. The first-order chi connectivity index (χ1) is 13.9. The molecular formula is C24H39IO5. The summed E-state index contributed by atoms with van der Waals surface area (Å²) in [6.07, 6.45) is 4.75. The van der Waals surface area contributed by atoms with Gasteiger partial charge in [0.15, 0.2) is 0 Å². The second-order valence-corrected chi connectivity index (χ2v) is 9.96. The van der Waals surface area contributed by atoms with Crippen LogP contribution in [-0.2, 0) is 14.3 Å². The van der Waals surface area contributed by atoms with E-state index in [2.05, 4.69) is 28.7 Å². The van der Waals surface area contributed by atoms with Gasteiger partial charge in [-0.3, -0.25) is 9.59 Å². The predicted octanol–water partition coefficient (Wildman–Crippen LogP) is 4.78. The van der Waals surface area contributed by atoms with Gasteiger partial charge in [0.25, 0.3) is 0 Å². The van der Waals surface area contributed by atoms with Crippen LogP contribution in [0.5, 0.6) is 0 Å². The van der Waals surface area contributed by atoms with Gasteiger partial charge in [-0.25, -0.2) is 0 Å². The Bertz CT molecular complexity index is 652. The number of ketones is 1. The van der Waals surface area contributed by atoms with Crippen LogP contribution in [0.15, 0.2) is 23.3 Å². The highest BCUT2D eigenvalue weighted by atomic mass is 127. The largest absolute Gasteiger partial charge is 0.457 e. The van der Waals surface area contributed by atoms with E-state index in [1.807, 2.05) is 26.8 Å². The molecule has 0 aromatic heterocycles. The third kappa shape index (κ3) is 7.45. The summed E-state index contributed by atoms with van der Waals surface area (Å²) in [7, 11) is 0. The van der Waals surface area contributed by atoms with E-state index in [4.69, 9.17) is 4.74 Å². The van der Waals surface area contributed by atoms with Gasteiger partial charge in [0.05, 0.1) is 24.0 Å². The summed E-state index contributed by atoms with van der Waals surface area (Å²) in [5, 5.41) is 21.4. The lowest BCUT2D eigenvalue weighted by Crippen LogP contribution is -2.45. The molecule has 0 aromatic rings. The molecule has 0 unspecified atom stereocenters. The molecule has 6 heteroatoms. The number of hydrogen-bond donors (Lipinski definition) is 2. The van der Waals surface area contributed by atoms with Crippen LogP contribution in [0.1, 0.15) is 73.6 Å². The summed E-state index contributed by atoms with van der Waals surface area (Å²) in [5.41, 5.74) is 1.10. The number of carbonyl (C=O) groups excluding carboxylic acids is 2. The topological polar surface area (TPSA) is 83.8 Å². The number of aliphatic hydroxyl groups is 2. The van der Waals surface area contributed by atoms with E-state index in [9.17, 15) is 19.8 Å². The Morgan fingerprint density at radius 3 is 2.50 bits per heavy atom. The molecule has 5 atom stereocenters. The highest BCUT2D eigenvalue weighted by Gasteiger charge is 2.42. The molecule has 30 heavy (non-hydrogen) atoms. The molecule has 1 aliphatic rings. The molecule has 1 aliphatic heterocycles. The zero-order valence-electron chi connectivity index (χ0n) is 19.3. The van der Waals surface area contributed by atoms with Gasteiger partial charge in [-0.05, 0) is 44.6 Å². The van der Waals surface area contributed by atoms with Gasteiger partial charge in [-0.1, -0.05) is 68.0 Å². The van der Waals surface area contributed by atoms with Gasteiger partial charge in [0.1, 0.15) is 11.9 Å². The fourth-order valence-electron chi connectivity index (χ4n) is 3.85. The highest BCUT2D eigenvalue weighted by molar-refractivity contribution is 14.1. The van der Waals surface area contributed by atoms with Crippen molar-refractivity contribution < 1.29 is 24.5 Å². The number of aliphatic hydroxyl groups excluding tert-OH is 2. The fourth-order valence-corrected chi connectivity index (χ4v) is 4.54. The van der Waals surface area contributed by atoms with E-state index in [0.717, 1.165) is 29.3 Å². The van der Waals surface area contributed by atoms with Crippen molar-refractivity contribution in [2.75, 3.05) is 4.43 Å². The van der Waals surface area contributed by atoms with Gasteiger partial charge < -0.3 is 14.9 Å². The molecule has 5 nitrogen and oxygen atoms in total. The summed E-state index contributed by atoms with van der Waals surface area (Å²) < 4.78 is 6.58. The molecule has 0 radical (unpaired) electrons. The third-order valence-electron chi connectivity index (χ3n) is 6.52. The van der Waals surface area contributed by atoms with Crippen molar-refractivity contribution in [1.82, 2.24) is 0 Å². The SMILES string of the molecule is C/C=C(\C)[C@@H]1C/C=C(/CI)CCC[C@H](C)[C@H](O)[C@@H](C)C(=O)C(C)(C)[C@@H](O)CC(=O)O1. The number of halogens is 1. The van der Waals surface area contributed by atoms with E-state index in [0.29, 0.717) is 6.42 Å². The lowest BCUT2D eigenvalue weighted by Gasteiger charge is -2.34. The molecule has 0 bridgehead atoms. The van der Waals surface area contributed by atoms with Crippen molar-refractivity contribution >= 4 is 34.3 Å². The maximum atomic E-state index is 13.1. The van der Waals surface area contributed by atoms with Crippen LogP contribution in [0.3, 0.4) is 0 Å². The number of cyclic esters (lactones) is 1. The highest BCUT2D eigenvalue weighted by Crippen LogP contribution is 2.32. The zero-order valence-corrected chi connectivity index (χ0v) is 21.4. The van der Waals surface area contributed by atoms with Gasteiger partial charge in [-0.2, -0.15) is 0 Å². The maximum absolute atomic E-state index is 13.1. The number of alkyl halides is 1. The average Bonchev–Trinajstić information content (AvgIpc) is 2.71. The summed E-state index contributed by atoms with van der Waals surface area (Å²) in [6, 6.07) is 0. The van der Waals surface area contributed by atoms with Crippen LogP contribution < -0.4 is 0 Å². The first-order valence-corrected chi connectivity index (χ1v) is 12.4. The van der Waals surface area contributed by atoms with Crippen LogP contribution in [0.2, 0.25) is 0 Å². The van der Waals surface area contributed by atoms with Crippen molar-refractivity contribution in [1.29, 1.82) is 0 Å². The number of esters is 1. The second kappa shape index (κ2) is 12.3. The molecule has 0 amide bonds. The number of allylic oxidation sites excluding steroid dienone is 2. The molecule has 0 aromatic carbocycles. The normalized spacial score (nSPS) is 34.8. The van der Waals surface area contributed by atoms with Gasteiger partial charge >= 0.3 is 5.97 Å². The first kappa shape index (κ1) is 27.3. The van der Waals surface area contributed by atoms with Crippen LogP contribution in [-0.4, -0.2) is 44.7 Å². The minimum atomic E-state index is -1.18. The molecule has 0 saturated heterocycles. The molecular weight excluding hydrogens is 495 g/mol. The first-order valence-electron chi connectivity index (χ1n) is 10.9. The van der Waals surface area contributed by atoms with Crippen molar-refractivity contribution in [3.63, 3.8) is 0 Å². The zero-order chi connectivity index (χ0) is 23.1. The summed E-state index contributed by atoms with van der Waals surface area (Å²) in [4.78, 5) is 25.6. The molecule has 0 fully saturated rings. The quantitative estimate of drug-likeness (QED) is 0.231. The lowest BCUT2D eigenvalue weighted by molar-refractivity contribution is -0.154. The predicted molar refractivity (Wildman–Crippen MR) is 128 cm³/mol. The molecule has 1 rings (SSSR count). The number of rotatable bonds is 2. The summed E-state index contributed by atoms with van der Waals surface area (Å²) >= 11 is 2.34. The monoisotopic (exact) mass is 534 g/mol. The van der Waals surface area contributed by atoms with E-state index in [1.54, 1.807) is 20.8 Å². The van der Waals surface area contributed by atoms with Gasteiger partial charge in [0.2, 0.25) is 0 Å². The van der Waals surface area contributed by atoms with Crippen LogP contribution in [0.25, 0.3) is 0 Å². The molecule has 0 aliphatic carbocycles. The van der Waals surface area contributed by atoms with Gasteiger partial charge in [-0.15, -0.1) is 0 Å². The standard InChI is InChI=1S/C24H39IO5/c1-7-15(2)19-12-11-18(14-25)10-8-9-16(3)22(28)17(4)23(29)24(5,6)20(26)13-21(27)30-19/h7,11,16-17,19-20,22,26,28H,8-10,12-14H2,1-6H3/b15-7+,18-11+/t16-,17+,19-,20-,22-/m0/s1. The summed E-state index contributed by atoms with van der Waals surface area (Å²) in [5.74, 6) is -1.40. The Labute approximate surface area is 195 Å². The van der Waals surface area contributed by atoms with Crippen molar-refractivity contribution in [2.24, 2.45) is 17.3 Å². The Hall–Kier alpha value is -0.730. The van der Waals surface area contributed by atoms with Crippen LogP contribution in [0, 0.1) is 17.3 Å². The van der Waals surface area contributed by atoms with Crippen LogP contribution in [0.4, 0.5) is 0 Å². The molecule has 172 valence electrons. The number of ether oxygens (including phenoxy) is 1. The average molecular weight is 534 g/mol. The molecule has 0 spiro atoms. The Morgan fingerprint density at radius 2 is 1.93 bits per heavy atom. The second-order valence-electron chi connectivity index (χ2n) is 9.20. The van der Waals surface area contributed by atoms with Crippen molar-refractivity contribution in [2.45, 2.75) is 92.0 Å². The van der Waals surface area contributed by atoms with E-state index in [1.165, 1.54) is 5.57 Å². The smallest absolute Gasteiger partial charge is 0.309 e.